The summed E-state index contributed by atoms with van der Waals surface area (Å²) in [6.07, 6.45) is 2.69. The molecular formula is C28H39N7O8. The molecule has 0 radical (unpaired) electrons. The highest BCUT2D eigenvalue weighted by Crippen LogP contribution is 2.14. The van der Waals surface area contributed by atoms with E-state index < -0.39 is 59.6 Å². The van der Waals surface area contributed by atoms with Crippen molar-refractivity contribution in [3.8, 4) is 0 Å². The standard InChI is InChI=1S/C28H39N7O8/c1-4-23(38)43-15-17-7-9-18(10-8-17)32-25(39)19(6-5-13-31-28(30)42)33-27(41)24(16(2)3)34-26(40)20(14-29)35-21(36)11-12-22(35)37/h7-12,16,19-20,24H,4-6,13-15,29H2,1-3H3,(H,32,39)(H,33,41)(H,34,40)(H3,30,31,42). The number of rotatable bonds is 16. The number of nitrogens with two attached hydrogens (primary N) is 2. The average Bonchev–Trinajstić information content (AvgIpc) is 3.29. The van der Waals surface area contributed by atoms with E-state index in [0.717, 1.165) is 12.2 Å². The maximum Gasteiger partial charge on any atom is 0.312 e. The molecule has 1 aliphatic heterocycles. The van der Waals surface area contributed by atoms with Gasteiger partial charge in [-0.2, -0.15) is 0 Å². The molecule has 1 heterocycles. The fourth-order valence-electron chi connectivity index (χ4n) is 4.06. The molecule has 1 aromatic rings. The molecule has 7 amide bonds. The van der Waals surface area contributed by atoms with E-state index in [2.05, 4.69) is 21.3 Å². The van der Waals surface area contributed by atoms with Gasteiger partial charge in [-0.15, -0.1) is 0 Å². The van der Waals surface area contributed by atoms with Crippen LogP contribution in [0.3, 0.4) is 0 Å². The van der Waals surface area contributed by atoms with E-state index in [4.69, 9.17) is 16.2 Å². The summed E-state index contributed by atoms with van der Waals surface area (Å²) >= 11 is 0. The van der Waals surface area contributed by atoms with Crippen LogP contribution in [-0.4, -0.2) is 77.7 Å². The summed E-state index contributed by atoms with van der Waals surface area (Å²) in [5.74, 6) is -4.25. The number of nitrogens with one attached hydrogen (secondary N) is 4. The Kier molecular flexibility index (Phi) is 13.3. The molecule has 0 spiro atoms. The van der Waals surface area contributed by atoms with E-state index in [1.165, 1.54) is 0 Å². The largest absolute Gasteiger partial charge is 0.461 e. The van der Waals surface area contributed by atoms with E-state index in [1.807, 2.05) is 0 Å². The molecule has 234 valence electrons. The molecule has 2 rings (SSSR count). The Morgan fingerprint density at radius 1 is 0.930 bits per heavy atom. The lowest BCUT2D eigenvalue weighted by Gasteiger charge is -2.29. The van der Waals surface area contributed by atoms with Crippen LogP contribution in [-0.2, 0) is 40.1 Å². The van der Waals surface area contributed by atoms with Gasteiger partial charge in [0.1, 0.15) is 24.7 Å². The first kappa shape index (κ1) is 34.4. The highest BCUT2D eigenvalue weighted by Gasteiger charge is 2.37. The Bertz CT molecular complexity index is 1210. The number of amides is 7. The average molecular weight is 602 g/mol. The van der Waals surface area contributed by atoms with Gasteiger partial charge >= 0.3 is 12.0 Å². The summed E-state index contributed by atoms with van der Waals surface area (Å²) < 4.78 is 5.09. The number of ether oxygens (including phenoxy) is 1. The number of imide groups is 1. The van der Waals surface area contributed by atoms with Crippen molar-refractivity contribution in [2.24, 2.45) is 17.4 Å². The minimum absolute atomic E-state index is 0.0797. The van der Waals surface area contributed by atoms with E-state index in [1.54, 1.807) is 45.0 Å². The van der Waals surface area contributed by atoms with Crippen LogP contribution in [0.1, 0.15) is 45.6 Å². The number of carbonyl (C=O) groups excluding carboxylic acids is 7. The predicted molar refractivity (Wildman–Crippen MR) is 155 cm³/mol. The highest BCUT2D eigenvalue weighted by molar-refractivity contribution is 6.15. The zero-order chi connectivity index (χ0) is 32.1. The smallest absolute Gasteiger partial charge is 0.312 e. The minimum Gasteiger partial charge on any atom is -0.461 e. The molecule has 0 aromatic heterocycles. The van der Waals surface area contributed by atoms with Crippen molar-refractivity contribution in [2.45, 2.75) is 64.8 Å². The third kappa shape index (κ3) is 10.5. The predicted octanol–water partition coefficient (Wildman–Crippen LogP) is -0.595. The van der Waals surface area contributed by atoms with Crippen molar-refractivity contribution in [1.29, 1.82) is 0 Å². The van der Waals surface area contributed by atoms with Crippen LogP contribution in [0.2, 0.25) is 0 Å². The molecule has 8 N–H and O–H groups in total. The molecular weight excluding hydrogens is 562 g/mol. The van der Waals surface area contributed by atoms with Gasteiger partial charge in [-0.25, -0.2) is 4.79 Å². The maximum atomic E-state index is 13.4. The zero-order valence-corrected chi connectivity index (χ0v) is 24.4. The normalized spacial score (nSPS) is 14.6. The van der Waals surface area contributed by atoms with Crippen LogP contribution >= 0.6 is 0 Å². The fraction of sp³-hybridized carbons (Fsp3) is 0.464. The Morgan fingerprint density at radius 3 is 2.09 bits per heavy atom. The molecule has 43 heavy (non-hydrogen) atoms. The number of carbonyl (C=O) groups is 7. The topological polar surface area (TPSA) is 232 Å². The summed E-state index contributed by atoms with van der Waals surface area (Å²) in [5.41, 5.74) is 11.9. The second-order valence-corrected chi connectivity index (χ2v) is 10.1. The van der Waals surface area contributed by atoms with Gasteiger partial charge in [0.2, 0.25) is 17.7 Å². The van der Waals surface area contributed by atoms with E-state index in [0.29, 0.717) is 16.2 Å². The van der Waals surface area contributed by atoms with Crippen LogP contribution in [0.4, 0.5) is 10.5 Å². The molecule has 0 fully saturated rings. The second kappa shape index (κ2) is 16.6. The number of primary amides is 1. The molecule has 0 saturated heterocycles. The van der Waals surface area contributed by atoms with Gasteiger partial charge in [0.25, 0.3) is 11.8 Å². The summed E-state index contributed by atoms with van der Waals surface area (Å²) in [6, 6.07) is 2.27. The first-order valence-electron chi connectivity index (χ1n) is 13.8. The molecule has 15 nitrogen and oxygen atoms in total. The molecule has 0 aliphatic carbocycles. The lowest BCUT2D eigenvalue weighted by molar-refractivity contribution is -0.146. The van der Waals surface area contributed by atoms with Crippen LogP contribution < -0.4 is 32.7 Å². The minimum atomic E-state index is -1.34. The van der Waals surface area contributed by atoms with Gasteiger partial charge in [0.15, 0.2) is 0 Å². The van der Waals surface area contributed by atoms with Crippen molar-refractivity contribution in [2.75, 3.05) is 18.4 Å². The molecule has 3 atom stereocenters. The summed E-state index contributed by atoms with van der Waals surface area (Å²) in [7, 11) is 0. The quantitative estimate of drug-likeness (QED) is 0.0806. The van der Waals surface area contributed by atoms with Gasteiger partial charge in [0, 0.05) is 37.3 Å². The van der Waals surface area contributed by atoms with Gasteiger partial charge in [0.05, 0.1) is 0 Å². The fourth-order valence-corrected chi connectivity index (χ4v) is 4.06. The van der Waals surface area contributed by atoms with Crippen LogP contribution in [0, 0.1) is 5.92 Å². The molecule has 3 unspecified atom stereocenters. The van der Waals surface area contributed by atoms with E-state index in [-0.39, 0.29) is 44.9 Å². The molecule has 15 heteroatoms. The number of esters is 1. The highest BCUT2D eigenvalue weighted by atomic mass is 16.5. The number of anilines is 1. The molecule has 1 aliphatic rings. The second-order valence-electron chi connectivity index (χ2n) is 10.1. The summed E-state index contributed by atoms with van der Waals surface area (Å²) in [5, 5.41) is 10.3. The first-order valence-corrected chi connectivity index (χ1v) is 13.8. The number of hydrogen-bond acceptors (Lipinski definition) is 9. The Balaban J connectivity index is 2.14. The number of hydrogen-bond donors (Lipinski definition) is 6. The third-order valence-corrected chi connectivity index (χ3v) is 6.44. The lowest BCUT2D eigenvalue weighted by Crippen LogP contribution is -2.60. The number of benzene rings is 1. The van der Waals surface area contributed by atoms with E-state index >= 15 is 0 Å². The first-order chi connectivity index (χ1) is 20.4. The molecule has 0 bridgehead atoms. The number of nitrogens with zero attached hydrogens (tertiary/aromatic N) is 1. The van der Waals surface area contributed by atoms with Crippen molar-refractivity contribution in [3.63, 3.8) is 0 Å². The zero-order valence-electron chi connectivity index (χ0n) is 24.4. The Labute approximate surface area is 249 Å². The van der Waals surface area contributed by atoms with Crippen molar-refractivity contribution >= 4 is 47.2 Å². The maximum absolute atomic E-state index is 13.4. The SMILES string of the molecule is CCC(=O)OCc1ccc(NC(=O)C(CCCNC(N)=O)NC(=O)C(NC(=O)C(CN)N2C(=O)C=CC2=O)C(C)C)cc1. The van der Waals surface area contributed by atoms with Crippen molar-refractivity contribution in [3.05, 3.63) is 42.0 Å². The van der Waals surface area contributed by atoms with Crippen LogP contribution in [0.5, 0.6) is 0 Å². The Morgan fingerprint density at radius 2 is 1.56 bits per heavy atom. The molecule has 0 saturated carbocycles. The summed E-state index contributed by atoms with van der Waals surface area (Å²) in [4.78, 5) is 86.9. The van der Waals surface area contributed by atoms with Gasteiger partial charge in [-0.3, -0.25) is 33.7 Å². The monoisotopic (exact) mass is 601 g/mol. The molecule has 1 aromatic carbocycles. The van der Waals surface area contributed by atoms with Crippen molar-refractivity contribution < 1.29 is 38.3 Å². The Hall–Kier alpha value is -4.79. The lowest BCUT2D eigenvalue weighted by atomic mass is 10.0. The third-order valence-electron chi connectivity index (χ3n) is 6.44. The van der Waals surface area contributed by atoms with Crippen LogP contribution in [0.15, 0.2) is 36.4 Å². The van der Waals surface area contributed by atoms with E-state index in [9.17, 15) is 33.6 Å². The summed E-state index contributed by atoms with van der Waals surface area (Å²) in [6.45, 7) is 4.88. The van der Waals surface area contributed by atoms with Gasteiger partial charge in [-0.1, -0.05) is 32.9 Å². The van der Waals surface area contributed by atoms with Gasteiger partial charge < -0.3 is 37.5 Å². The number of urea groups is 1. The van der Waals surface area contributed by atoms with Crippen LogP contribution in [0.25, 0.3) is 0 Å². The van der Waals surface area contributed by atoms with Crippen molar-refractivity contribution in [1.82, 2.24) is 20.9 Å². The van der Waals surface area contributed by atoms with Gasteiger partial charge in [-0.05, 0) is 36.5 Å².